The number of allylic oxidation sites excluding steroid dienone is 2. The zero-order chi connectivity index (χ0) is 14.3. The molecule has 110 valence electrons. The molecule has 0 radical (unpaired) electrons. The van der Waals surface area contributed by atoms with Crippen LogP contribution in [0.25, 0.3) is 0 Å². The van der Waals surface area contributed by atoms with E-state index in [1.807, 2.05) is 0 Å². The van der Waals surface area contributed by atoms with Gasteiger partial charge < -0.3 is 0 Å². The lowest BCUT2D eigenvalue weighted by atomic mass is 9.90. The molecule has 0 fully saturated rings. The molecular formula is C17H30O2. The first-order valence-electron chi connectivity index (χ1n) is 7.91. The van der Waals surface area contributed by atoms with Gasteiger partial charge in [-0.05, 0) is 25.0 Å². The van der Waals surface area contributed by atoms with E-state index in [0.717, 1.165) is 25.7 Å². The van der Waals surface area contributed by atoms with Crippen LogP contribution in [0.15, 0.2) is 12.2 Å². The van der Waals surface area contributed by atoms with E-state index >= 15 is 0 Å². The van der Waals surface area contributed by atoms with Crippen molar-refractivity contribution in [3.8, 4) is 0 Å². The maximum absolute atomic E-state index is 12.0. The SMILES string of the molecule is CCCCCCC(CCCCCC)C(=O)/C=C/C=O. The van der Waals surface area contributed by atoms with Gasteiger partial charge in [0.25, 0.3) is 0 Å². The van der Waals surface area contributed by atoms with Crippen molar-refractivity contribution in [2.45, 2.75) is 78.1 Å². The lowest BCUT2D eigenvalue weighted by molar-refractivity contribution is -0.119. The Balaban J connectivity index is 4.09. The fourth-order valence-electron chi connectivity index (χ4n) is 2.33. The summed E-state index contributed by atoms with van der Waals surface area (Å²) < 4.78 is 0. The second-order valence-corrected chi connectivity index (χ2v) is 5.29. The predicted octanol–water partition coefficient (Wildman–Crippen LogP) is 4.87. The molecule has 2 heteroatoms. The topological polar surface area (TPSA) is 34.1 Å². The van der Waals surface area contributed by atoms with Gasteiger partial charge >= 0.3 is 0 Å². The Hall–Kier alpha value is -0.920. The zero-order valence-corrected chi connectivity index (χ0v) is 12.7. The Morgan fingerprint density at radius 1 is 0.895 bits per heavy atom. The number of unbranched alkanes of at least 4 members (excludes halogenated alkanes) is 6. The summed E-state index contributed by atoms with van der Waals surface area (Å²) in [5.74, 6) is 0.269. The van der Waals surface area contributed by atoms with Crippen LogP contribution in [-0.4, -0.2) is 12.1 Å². The standard InChI is InChI=1S/C17H30O2/c1-3-5-7-9-12-16(13-10-8-6-4-2)17(19)14-11-15-18/h11,14-16H,3-10,12-13H2,1-2H3/b14-11+. The van der Waals surface area contributed by atoms with E-state index < -0.39 is 0 Å². The van der Waals surface area contributed by atoms with Gasteiger partial charge in [-0.15, -0.1) is 0 Å². The van der Waals surface area contributed by atoms with E-state index in [1.165, 1.54) is 50.7 Å². The van der Waals surface area contributed by atoms with Crippen molar-refractivity contribution in [3.63, 3.8) is 0 Å². The van der Waals surface area contributed by atoms with Crippen molar-refractivity contribution in [1.29, 1.82) is 0 Å². The summed E-state index contributed by atoms with van der Waals surface area (Å²) in [5.41, 5.74) is 0. The summed E-state index contributed by atoms with van der Waals surface area (Å²) in [7, 11) is 0. The fourth-order valence-corrected chi connectivity index (χ4v) is 2.33. The molecule has 0 unspecified atom stereocenters. The minimum absolute atomic E-state index is 0.130. The molecule has 2 nitrogen and oxygen atoms in total. The minimum atomic E-state index is 0.130. The minimum Gasteiger partial charge on any atom is -0.299 e. The molecule has 0 heterocycles. The molecule has 0 aliphatic rings. The number of rotatable bonds is 13. The fraction of sp³-hybridized carbons (Fsp3) is 0.765. The molecule has 0 saturated heterocycles. The second-order valence-electron chi connectivity index (χ2n) is 5.29. The maximum Gasteiger partial charge on any atom is 0.158 e. The Kier molecular flexibility index (Phi) is 12.9. The molecule has 0 spiro atoms. The molecule has 0 bridgehead atoms. The Labute approximate surface area is 118 Å². The highest BCUT2D eigenvalue weighted by atomic mass is 16.1. The van der Waals surface area contributed by atoms with Gasteiger partial charge in [0.1, 0.15) is 6.29 Å². The third kappa shape index (κ3) is 10.7. The normalized spacial score (nSPS) is 11.3. The van der Waals surface area contributed by atoms with E-state index in [-0.39, 0.29) is 11.7 Å². The van der Waals surface area contributed by atoms with Gasteiger partial charge in [0.05, 0.1) is 0 Å². The first-order chi connectivity index (χ1) is 9.26. The quantitative estimate of drug-likeness (QED) is 0.271. The van der Waals surface area contributed by atoms with E-state index in [1.54, 1.807) is 0 Å². The third-order valence-electron chi connectivity index (χ3n) is 3.55. The molecule has 0 saturated carbocycles. The molecule has 0 aliphatic carbocycles. The maximum atomic E-state index is 12.0. The van der Waals surface area contributed by atoms with Crippen LogP contribution in [0.2, 0.25) is 0 Å². The van der Waals surface area contributed by atoms with Crippen LogP contribution in [-0.2, 0) is 9.59 Å². The van der Waals surface area contributed by atoms with Crippen LogP contribution >= 0.6 is 0 Å². The molecule has 0 rings (SSSR count). The van der Waals surface area contributed by atoms with Crippen molar-refractivity contribution in [2.24, 2.45) is 5.92 Å². The summed E-state index contributed by atoms with van der Waals surface area (Å²) in [6.07, 6.45) is 15.1. The average Bonchev–Trinajstić information content (AvgIpc) is 2.43. The second kappa shape index (κ2) is 13.5. The number of carbonyl (C=O) groups excluding carboxylic acids is 2. The van der Waals surface area contributed by atoms with Crippen LogP contribution in [0, 0.1) is 5.92 Å². The van der Waals surface area contributed by atoms with E-state index in [9.17, 15) is 9.59 Å². The zero-order valence-electron chi connectivity index (χ0n) is 12.7. The van der Waals surface area contributed by atoms with Crippen molar-refractivity contribution in [3.05, 3.63) is 12.2 Å². The van der Waals surface area contributed by atoms with Gasteiger partial charge in [0, 0.05) is 5.92 Å². The average molecular weight is 266 g/mol. The molecule has 0 aliphatic heterocycles. The van der Waals surface area contributed by atoms with Gasteiger partial charge in [-0.1, -0.05) is 65.2 Å². The van der Waals surface area contributed by atoms with Crippen LogP contribution in [0.5, 0.6) is 0 Å². The van der Waals surface area contributed by atoms with Crippen LogP contribution in [0.4, 0.5) is 0 Å². The lowest BCUT2D eigenvalue weighted by Gasteiger charge is -2.13. The summed E-state index contributed by atoms with van der Waals surface area (Å²) >= 11 is 0. The van der Waals surface area contributed by atoms with Crippen molar-refractivity contribution in [1.82, 2.24) is 0 Å². The molecule has 0 atom stereocenters. The smallest absolute Gasteiger partial charge is 0.158 e. The first kappa shape index (κ1) is 18.1. The van der Waals surface area contributed by atoms with Crippen molar-refractivity contribution in [2.75, 3.05) is 0 Å². The number of hydrogen-bond acceptors (Lipinski definition) is 2. The third-order valence-corrected chi connectivity index (χ3v) is 3.55. The van der Waals surface area contributed by atoms with Gasteiger partial charge in [-0.3, -0.25) is 9.59 Å². The molecule has 0 aromatic carbocycles. The monoisotopic (exact) mass is 266 g/mol. The van der Waals surface area contributed by atoms with Crippen LogP contribution in [0.1, 0.15) is 78.1 Å². The summed E-state index contributed by atoms with van der Waals surface area (Å²) in [6.45, 7) is 4.39. The molecule has 0 amide bonds. The highest BCUT2D eigenvalue weighted by molar-refractivity contribution is 5.94. The van der Waals surface area contributed by atoms with Gasteiger partial charge in [-0.2, -0.15) is 0 Å². The Morgan fingerprint density at radius 2 is 1.42 bits per heavy atom. The van der Waals surface area contributed by atoms with Crippen LogP contribution < -0.4 is 0 Å². The lowest BCUT2D eigenvalue weighted by Crippen LogP contribution is -2.12. The number of ketones is 1. The number of carbonyl (C=O) groups is 2. The van der Waals surface area contributed by atoms with Gasteiger partial charge in [-0.25, -0.2) is 0 Å². The largest absolute Gasteiger partial charge is 0.299 e. The molecule has 19 heavy (non-hydrogen) atoms. The highest BCUT2D eigenvalue weighted by Gasteiger charge is 2.14. The van der Waals surface area contributed by atoms with Gasteiger partial charge in [0.2, 0.25) is 0 Å². The highest BCUT2D eigenvalue weighted by Crippen LogP contribution is 2.19. The molecular weight excluding hydrogens is 236 g/mol. The summed E-state index contributed by atoms with van der Waals surface area (Å²) in [4.78, 5) is 22.3. The Morgan fingerprint density at radius 3 is 1.84 bits per heavy atom. The predicted molar refractivity (Wildman–Crippen MR) is 81.2 cm³/mol. The molecule has 0 N–H and O–H groups in total. The molecule has 0 aromatic heterocycles. The number of hydrogen-bond donors (Lipinski definition) is 0. The molecule has 0 aromatic rings. The van der Waals surface area contributed by atoms with Gasteiger partial charge in [0.15, 0.2) is 5.78 Å². The van der Waals surface area contributed by atoms with Crippen LogP contribution in [0.3, 0.4) is 0 Å². The van der Waals surface area contributed by atoms with E-state index in [2.05, 4.69) is 13.8 Å². The van der Waals surface area contributed by atoms with Crippen molar-refractivity contribution < 1.29 is 9.59 Å². The summed E-state index contributed by atoms with van der Waals surface area (Å²) in [5, 5.41) is 0. The van der Waals surface area contributed by atoms with E-state index in [0.29, 0.717) is 6.29 Å². The first-order valence-corrected chi connectivity index (χ1v) is 7.91. The Bertz CT molecular complexity index is 244. The van der Waals surface area contributed by atoms with E-state index in [4.69, 9.17) is 0 Å². The van der Waals surface area contributed by atoms with Crippen molar-refractivity contribution >= 4 is 12.1 Å². The summed E-state index contributed by atoms with van der Waals surface area (Å²) in [6, 6.07) is 0. The number of aldehydes is 1.